The molecule has 1 nitrogen and oxygen atoms in total. The Morgan fingerprint density at radius 2 is 2.33 bits per heavy atom. The molecule has 0 saturated carbocycles. The minimum Gasteiger partial charge on any atom is -0.288 e. The van der Waals surface area contributed by atoms with Crippen molar-refractivity contribution < 1.29 is 4.79 Å². The summed E-state index contributed by atoms with van der Waals surface area (Å²) >= 11 is 10.5. The predicted molar refractivity (Wildman–Crippen MR) is 71.3 cm³/mol. The van der Waals surface area contributed by atoms with Crippen molar-refractivity contribution in [2.24, 2.45) is 0 Å². The third-order valence-electron chi connectivity index (χ3n) is 1.64. The maximum Gasteiger partial charge on any atom is 0.186 e. The van der Waals surface area contributed by atoms with Gasteiger partial charge in [-0.05, 0) is 17.7 Å². The van der Waals surface area contributed by atoms with Crippen LogP contribution in [-0.2, 0) is 4.79 Å². The van der Waals surface area contributed by atoms with Gasteiger partial charge in [0.25, 0.3) is 0 Å². The van der Waals surface area contributed by atoms with Crippen molar-refractivity contribution in [3.05, 3.63) is 39.3 Å². The second-order valence-electron chi connectivity index (χ2n) is 2.87. The van der Waals surface area contributed by atoms with Crippen molar-refractivity contribution in [2.75, 3.05) is 5.75 Å². The summed E-state index contributed by atoms with van der Waals surface area (Å²) in [5.74, 6) is 0.699. The molecule has 1 aromatic rings. The average Bonchev–Trinajstić information content (AvgIpc) is 2.14. The van der Waals surface area contributed by atoms with E-state index in [-0.39, 0.29) is 5.12 Å². The van der Waals surface area contributed by atoms with Gasteiger partial charge in [0.05, 0.1) is 0 Å². The maximum atomic E-state index is 10.7. The Bertz CT molecular complexity index is 390. The molecule has 1 rings (SSSR count). The van der Waals surface area contributed by atoms with Crippen molar-refractivity contribution in [1.29, 1.82) is 0 Å². The lowest BCUT2D eigenvalue weighted by Crippen LogP contribution is -1.82. The highest BCUT2D eigenvalue weighted by molar-refractivity contribution is 9.10. The van der Waals surface area contributed by atoms with Crippen LogP contribution in [0.3, 0.4) is 0 Å². The standard InChI is InChI=1S/C11H10BrClOS/c1-8(14)15-6-2-3-9-4-5-10(13)7-11(9)12/h2-5,7H,6H2,1H3. The Balaban J connectivity index is 2.60. The van der Waals surface area contributed by atoms with E-state index in [1.807, 2.05) is 30.4 Å². The van der Waals surface area contributed by atoms with Crippen molar-refractivity contribution in [3.63, 3.8) is 0 Å². The molecule has 0 unspecified atom stereocenters. The molecule has 0 aromatic heterocycles. The summed E-state index contributed by atoms with van der Waals surface area (Å²) in [5.41, 5.74) is 1.06. The number of benzene rings is 1. The fourth-order valence-electron chi connectivity index (χ4n) is 0.977. The molecule has 0 bridgehead atoms. The van der Waals surface area contributed by atoms with Crippen LogP contribution in [-0.4, -0.2) is 10.9 Å². The Kier molecular flexibility index (Phi) is 5.43. The van der Waals surface area contributed by atoms with E-state index in [1.54, 1.807) is 6.92 Å². The van der Waals surface area contributed by atoms with Crippen LogP contribution < -0.4 is 0 Å². The number of hydrogen-bond donors (Lipinski definition) is 0. The maximum absolute atomic E-state index is 10.7. The van der Waals surface area contributed by atoms with E-state index < -0.39 is 0 Å². The molecule has 0 amide bonds. The first kappa shape index (κ1) is 12.8. The van der Waals surface area contributed by atoms with Crippen LogP contribution in [0.2, 0.25) is 5.02 Å². The van der Waals surface area contributed by atoms with Crippen LogP contribution in [0.25, 0.3) is 6.08 Å². The minimum atomic E-state index is 0.134. The zero-order valence-electron chi connectivity index (χ0n) is 8.17. The van der Waals surface area contributed by atoms with Gasteiger partial charge in [0, 0.05) is 22.2 Å². The molecule has 80 valence electrons. The summed E-state index contributed by atoms with van der Waals surface area (Å²) in [6, 6.07) is 5.62. The first-order valence-electron chi connectivity index (χ1n) is 4.34. The fourth-order valence-corrected chi connectivity index (χ4v) is 2.22. The van der Waals surface area contributed by atoms with Gasteiger partial charge in [-0.2, -0.15) is 0 Å². The first-order valence-corrected chi connectivity index (χ1v) is 6.50. The van der Waals surface area contributed by atoms with E-state index in [0.29, 0.717) is 10.8 Å². The third kappa shape index (κ3) is 4.87. The quantitative estimate of drug-likeness (QED) is 0.823. The Morgan fingerprint density at radius 3 is 2.93 bits per heavy atom. The Morgan fingerprint density at radius 1 is 1.60 bits per heavy atom. The summed E-state index contributed by atoms with van der Waals surface area (Å²) in [4.78, 5) is 10.7. The van der Waals surface area contributed by atoms with E-state index in [0.717, 1.165) is 10.0 Å². The zero-order valence-corrected chi connectivity index (χ0v) is 11.3. The van der Waals surface area contributed by atoms with Crippen molar-refractivity contribution in [2.45, 2.75) is 6.92 Å². The second-order valence-corrected chi connectivity index (χ2v) is 5.36. The molecule has 0 aliphatic heterocycles. The SMILES string of the molecule is CC(=O)SCC=Cc1ccc(Cl)cc1Br. The lowest BCUT2D eigenvalue weighted by Gasteiger charge is -1.98. The van der Waals surface area contributed by atoms with Gasteiger partial charge in [-0.25, -0.2) is 0 Å². The van der Waals surface area contributed by atoms with E-state index in [4.69, 9.17) is 11.6 Å². The molecular formula is C11H10BrClOS. The monoisotopic (exact) mass is 304 g/mol. The summed E-state index contributed by atoms with van der Waals surface area (Å²) < 4.78 is 0.957. The Labute approximate surface area is 107 Å². The van der Waals surface area contributed by atoms with Crippen LogP contribution in [0.15, 0.2) is 28.7 Å². The lowest BCUT2D eigenvalue weighted by molar-refractivity contribution is -0.109. The highest BCUT2D eigenvalue weighted by Crippen LogP contribution is 2.22. The van der Waals surface area contributed by atoms with E-state index in [2.05, 4.69) is 15.9 Å². The molecule has 0 N–H and O–H groups in total. The molecule has 0 aliphatic rings. The summed E-state index contributed by atoms with van der Waals surface area (Å²) in [5, 5.41) is 0.840. The van der Waals surface area contributed by atoms with Gasteiger partial charge in [0.1, 0.15) is 0 Å². The molecule has 0 spiro atoms. The zero-order chi connectivity index (χ0) is 11.3. The normalized spacial score (nSPS) is 10.9. The van der Waals surface area contributed by atoms with E-state index >= 15 is 0 Å². The lowest BCUT2D eigenvalue weighted by atomic mass is 10.2. The fraction of sp³-hybridized carbons (Fsp3) is 0.182. The summed E-state index contributed by atoms with van der Waals surface area (Å²) in [6.07, 6.45) is 3.93. The number of halogens is 2. The number of thioether (sulfide) groups is 1. The van der Waals surface area contributed by atoms with Gasteiger partial charge < -0.3 is 0 Å². The van der Waals surface area contributed by atoms with Gasteiger partial charge in [-0.3, -0.25) is 4.79 Å². The number of rotatable bonds is 3. The second kappa shape index (κ2) is 6.36. The van der Waals surface area contributed by atoms with Gasteiger partial charge in [0.15, 0.2) is 5.12 Å². The molecule has 0 aliphatic carbocycles. The number of carbonyl (C=O) groups is 1. The third-order valence-corrected chi connectivity index (χ3v) is 3.33. The summed E-state index contributed by atoms with van der Waals surface area (Å²) in [7, 11) is 0. The topological polar surface area (TPSA) is 17.1 Å². The molecule has 0 saturated heterocycles. The van der Waals surface area contributed by atoms with Crippen LogP contribution in [0.4, 0.5) is 0 Å². The van der Waals surface area contributed by atoms with Crippen molar-refractivity contribution in [3.8, 4) is 0 Å². The Hall–Kier alpha value is -0.250. The molecule has 1 aromatic carbocycles. The van der Waals surface area contributed by atoms with Gasteiger partial charge in [0.2, 0.25) is 0 Å². The van der Waals surface area contributed by atoms with Crippen LogP contribution in [0, 0.1) is 0 Å². The van der Waals surface area contributed by atoms with Crippen LogP contribution >= 0.6 is 39.3 Å². The van der Waals surface area contributed by atoms with Crippen molar-refractivity contribution in [1.82, 2.24) is 0 Å². The van der Waals surface area contributed by atoms with E-state index in [9.17, 15) is 4.79 Å². The first-order chi connectivity index (χ1) is 7.09. The smallest absolute Gasteiger partial charge is 0.186 e. The average molecular weight is 306 g/mol. The molecule has 4 heteroatoms. The largest absolute Gasteiger partial charge is 0.288 e. The molecular weight excluding hydrogens is 296 g/mol. The predicted octanol–water partition coefficient (Wildman–Crippen LogP) is 4.40. The molecule has 0 heterocycles. The molecule has 0 radical (unpaired) electrons. The highest BCUT2D eigenvalue weighted by atomic mass is 79.9. The van der Waals surface area contributed by atoms with Gasteiger partial charge in [-0.15, -0.1) is 0 Å². The van der Waals surface area contributed by atoms with Crippen LogP contribution in [0.1, 0.15) is 12.5 Å². The summed E-state index contributed by atoms with van der Waals surface area (Å²) in [6.45, 7) is 1.57. The molecule has 15 heavy (non-hydrogen) atoms. The van der Waals surface area contributed by atoms with Gasteiger partial charge >= 0.3 is 0 Å². The highest BCUT2D eigenvalue weighted by Gasteiger charge is 1.96. The van der Waals surface area contributed by atoms with Crippen LogP contribution in [0.5, 0.6) is 0 Å². The minimum absolute atomic E-state index is 0.134. The number of hydrogen-bond acceptors (Lipinski definition) is 2. The van der Waals surface area contributed by atoms with Gasteiger partial charge in [-0.1, -0.05) is 57.5 Å². The van der Waals surface area contributed by atoms with Crippen molar-refractivity contribution >= 4 is 50.5 Å². The molecule has 0 atom stereocenters. The molecule has 0 fully saturated rings. The van der Waals surface area contributed by atoms with E-state index in [1.165, 1.54) is 11.8 Å². The number of carbonyl (C=O) groups excluding carboxylic acids is 1.